The first-order valence-corrected chi connectivity index (χ1v) is 8.25. The lowest BCUT2D eigenvalue weighted by molar-refractivity contribution is -0.115. The number of aromatic amines is 1. The summed E-state index contributed by atoms with van der Waals surface area (Å²) in [6, 6.07) is 18.1. The van der Waals surface area contributed by atoms with Crippen molar-refractivity contribution in [2.45, 2.75) is 6.42 Å². The van der Waals surface area contributed by atoms with Gasteiger partial charge in [0.1, 0.15) is 5.75 Å². The van der Waals surface area contributed by atoms with Crippen molar-refractivity contribution in [3.8, 4) is 5.75 Å². The van der Waals surface area contributed by atoms with Crippen LogP contribution in [0.2, 0.25) is 5.02 Å². The van der Waals surface area contributed by atoms with Gasteiger partial charge in [0.05, 0.1) is 6.42 Å². The average molecular weight is 351 g/mol. The molecule has 25 heavy (non-hydrogen) atoms. The van der Waals surface area contributed by atoms with Gasteiger partial charge in [0.25, 0.3) is 0 Å². The van der Waals surface area contributed by atoms with E-state index >= 15 is 0 Å². The summed E-state index contributed by atoms with van der Waals surface area (Å²) in [6.07, 6.45) is 0.271. The van der Waals surface area contributed by atoms with Crippen LogP contribution < -0.4 is 5.32 Å². The largest absolute Gasteiger partial charge is 0.508 e. The molecule has 1 heterocycles. The van der Waals surface area contributed by atoms with Crippen LogP contribution in [0.1, 0.15) is 5.56 Å². The number of aromatic hydroxyl groups is 1. The van der Waals surface area contributed by atoms with Gasteiger partial charge >= 0.3 is 0 Å². The standard InChI is InChI=1S/C20H15ClN2O2/c21-13-2-8-17-16-7-1-12(9-18(16)23-19(17)11-13)10-20(25)22-14-3-5-15(24)6-4-14/h1-9,11,23-24H,10H2,(H,22,25). The molecule has 4 rings (SSSR count). The number of carbonyl (C=O) groups is 1. The molecule has 124 valence electrons. The fourth-order valence-corrected chi connectivity index (χ4v) is 3.15. The molecule has 0 saturated carbocycles. The Bertz CT molecular complexity index is 1080. The Balaban J connectivity index is 1.57. The highest BCUT2D eigenvalue weighted by Crippen LogP contribution is 2.28. The van der Waals surface area contributed by atoms with Crippen LogP contribution in [0.5, 0.6) is 5.75 Å². The minimum atomic E-state index is -0.107. The summed E-state index contributed by atoms with van der Waals surface area (Å²) in [5.74, 6) is 0.0616. The van der Waals surface area contributed by atoms with Crippen LogP contribution >= 0.6 is 11.6 Å². The number of hydrogen-bond donors (Lipinski definition) is 3. The van der Waals surface area contributed by atoms with Gasteiger partial charge in [-0.3, -0.25) is 4.79 Å². The second-order valence-corrected chi connectivity index (χ2v) is 6.40. The highest BCUT2D eigenvalue weighted by Gasteiger charge is 2.08. The van der Waals surface area contributed by atoms with Crippen molar-refractivity contribution in [3.05, 3.63) is 71.2 Å². The molecule has 1 aromatic heterocycles. The molecule has 0 unspecified atom stereocenters. The van der Waals surface area contributed by atoms with Crippen molar-refractivity contribution >= 4 is 45.0 Å². The van der Waals surface area contributed by atoms with Crippen molar-refractivity contribution in [2.24, 2.45) is 0 Å². The number of phenols is 1. The quantitative estimate of drug-likeness (QED) is 0.462. The number of anilines is 1. The molecule has 0 fully saturated rings. The molecule has 0 bridgehead atoms. The van der Waals surface area contributed by atoms with Gasteiger partial charge in [-0.2, -0.15) is 0 Å². The van der Waals surface area contributed by atoms with Gasteiger partial charge in [-0.15, -0.1) is 0 Å². The van der Waals surface area contributed by atoms with E-state index in [-0.39, 0.29) is 18.1 Å². The van der Waals surface area contributed by atoms with Gasteiger partial charge in [-0.1, -0.05) is 29.8 Å². The van der Waals surface area contributed by atoms with E-state index in [2.05, 4.69) is 10.3 Å². The van der Waals surface area contributed by atoms with Crippen molar-refractivity contribution in [2.75, 3.05) is 5.32 Å². The molecule has 0 aliphatic rings. The summed E-state index contributed by atoms with van der Waals surface area (Å²) < 4.78 is 0. The fraction of sp³-hybridized carbons (Fsp3) is 0.0500. The minimum absolute atomic E-state index is 0.107. The van der Waals surface area contributed by atoms with E-state index < -0.39 is 0 Å². The van der Waals surface area contributed by atoms with E-state index in [4.69, 9.17) is 11.6 Å². The highest BCUT2D eigenvalue weighted by atomic mass is 35.5. The number of hydrogen-bond acceptors (Lipinski definition) is 2. The fourth-order valence-electron chi connectivity index (χ4n) is 2.97. The Kier molecular flexibility index (Phi) is 3.82. The van der Waals surface area contributed by atoms with Crippen molar-refractivity contribution in [1.29, 1.82) is 0 Å². The Hall–Kier alpha value is -2.98. The highest BCUT2D eigenvalue weighted by molar-refractivity contribution is 6.31. The summed E-state index contributed by atoms with van der Waals surface area (Å²) >= 11 is 6.04. The first kappa shape index (κ1) is 15.5. The number of rotatable bonds is 3. The molecule has 3 N–H and O–H groups in total. The van der Waals surface area contributed by atoms with Crippen LogP contribution in [0.3, 0.4) is 0 Å². The second-order valence-electron chi connectivity index (χ2n) is 5.97. The molecule has 0 radical (unpaired) electrons. The van der Waals surface area contributed by atoms with Crippen LogP contribution in [-0.4, -0.2) is 16.0 Å². The lowest BCUT2D eigenvalue weighted by Crippen LogP contribution is -2.14. The number of halogens is 1. The number of aromatic nitrogens is 1. The summed E-state index contributed by atoms with van der Waals surface area (Å²) in [7, 11) is 0. The van der Waals surface area contributed by atoms with Crippen molar-refractivity contribution in [1.82, 2.24) is 4.98 Å². The number of fused-ring (bicyclic) bond motifs is 3. The van der Waals surface area contributed by atoms with E-state index in [0.29, 0.717) is 10.7 Å². The number of amides is 1. The van der Waals surface area contributed by atoms with Gasteiger partial charge in [0.15, 0.2) is 0 Å². The average Bonchev–Trinajstić information content (AvgIpc) is 2.93. The molecule has 5 heteroatoms. The van der Waals surface area contributed by atoms with E-state index in [0.717, 1.165) is 27.4 Å². The van der Waals surface area contributed by atoms with Crippen molar-refractivity contribution in [3.63, 3.8) is 0 Å². The number of carbonyl (C=O) groups excluding carboxylic acids is 1. The summed E-state index contributed by atoms with van der Waals surface area (Å²) in [4.78, 5) is 15.6. The molecule has 0 spiro atoms. The van der Waals surface area contributed by atoms with Gasteiger partial charge in [-0.25, -0.2) is 0 Å². The maximum Gasteiger partial charge on any atom is 0.228 e. The third kappa shape index (κ3) is 3.16. The third-order valence-electron chi connectivity index (χ3n) is 4.14. The first-order valence-electron chi connectivity index (χ1n) is 7.87. The molecular weight excluding hydrogens is 336 g/mol. The van der Waals surface area contributed by atoms with E-state index in [1.807, 2.05) is 36.4 Å². The predicted molar refractivity (Wildman–Crippen MR) is 101 cm³/mol. The smallest absolute Gasteiger partial charge is 0.228 e. The maximum atomic E-state index is 12.2. The van der Waals surface area contributed by atoms with Gasteiger partial charge < -0.3 is 15.4 Å². The SMILES string of the molecule is O=C(Cc1ccc2c(c1)[nH]c1cc(Cl)ccc12)Nc1ccc(O)cc1. The Labute approximate surface area is 149 Å². The zero-order valence-corrected chi connectivity index (χ0v) is 14.0. The minimum Gasteiger partial charge on any atom is -0.508 e. The molecule has 4 nitrogen and oxygen atoms in total. The number of benzene rings is 3. The zero-order chi connectivity index (χ0) is 17.4. The molecule has 1 amide bonds. The topological polar surface area (TPSA) is 65.1 Å². The van der Waals surface area contributed by atoms with E-state index in [9.17, 15) is 9.90 Å². The van der Waals surface area contributed by atoms with E-state index in [1.165, 1.54) is 12.1 Å². The predicted octanol–water partition coefficient (Wildman–Crippen LogP) is 4.86. The van der Waals surface area contributed by atoms with Crippen LogP contribution in [-0.2, 0) is 11.2 Å². The number of nitrogens with one attached hydrogen (secondary N) is 2. The van der Waals surface area contributed by atoms with Crippen molar-refractivity contribution < 1.29 is 9.90 Å². The molecule has 0 aliphatic carbocycles. The molecular formula is C20H15ClN2O2. The number of phenolic OH excluding ortho intramolecular Hbond substituents is 1. The summed E-state index contributed by atoms with van der Waals surface area (Å²) in [6.45, 7) is 0. The summed E-state index contributed by atoms with van der Waals surface area (Å²) in [5, 5.41) is 15.0. The Morgan fingerprint density at radius 2 is 1.64 bits per heavy atom. The van der Waals surface area contributed by atoms with Gasteiger partial charge in [-0.05, 0) is 48.0 Å². The van der Waals surface area contributed by atoms with Crippen LogP contribution in [0.25, 0.3) is 21.8 Å². The maximum absolute atomic E-state index is 12.2. The first-order chi connectivity index (χ1) is 12.1. The third-order valence-corrected chi connectivity index (χ3v) is 4.38. The molecule has 4 aromatic rings. The summed E-state index contributed by atoms with van der Waals surface area (Å²) in [5.41, 5.74) is 3.53. The molecule has 0 saturated heterocycles. The van der Waals surface area contributed by atoms with Gasteiger partial charge in [0.2, 0.25) is 5.91 Å². The Morgan fingerprint density at radius 3 is 2.40 bits per heavy atom. The zero-order valence-electron chi connectivity index (χ0n) is 13.2. The van der Waals surface area contributed by atoms with Crippen LogP contribution in [0.15, 0.2) is 60.7 Å². The van der Waals surface area contributed by atoms with Crippen LogP contribution in [0.4, 0.5) is 5.69 Å². The molecule has 3 aromatic carbocycles. The number of H-pyrrole nitrogens is 1. The molecule has 0 aliphatic heterocycles. The lowest BCUT2D eigenvalue weighted by atomic mass is 10.1. The van der Waals surface area contributed by atoms with E-state index in [1.54, 1.807) is 12.1 Å². The normalized spacial score (nSPS) is 11.1. The Morgan fingerprint density at radius 1 is 0.960 bits per heavy atom. The monoisotopic (exact) mass is 350 g/mol. The second kappa shape index (κ2) is 6.15. The lowest BCUT2D eigenvalue weighted by Gasteiger charge is -2.05. The van der Waals surface area contributed by atoms with Gasteiger partial charge in [0, 0.05) is 32.5 Å². The van der Waals surface area contributed by atoms with Crippen LogP contribution in [0, 0.1) is 0 Å². The molecule has 0 atom stereocenters.